The molecule has 0 radical (unpaired) electrons. The number of aromatic amines is 1. The molecule has 0 aliphatic carbocycles. The van der Waals surface area contributed by atoms with Crippen LogP contribution in [0.5, 0.6) is 0 Å². The van der Waals surface area contributed by atoms with Crippen LogP contribution in [0, 0.1) is 0 Å². The molecule has 3 nitrogen and oxygen atoms in total. The Kier molecular flexibility index (Phi) is 3.79. The van der Waals surface area contributed by atoms with Crippen LogP contribution < -0.4 is 0 Å². The highest BCUT2D eigenvalue weighted by atomic mass is 15.1. The van der Waals surface area contributed by atoms with Gasteiger partial charge in [0.2, 0.25) is 0 Å². The molecule has 2 rings (SSSR count). The fraction of sp³-hybridized carbons (Fsp3) is 0.500. The van der Waals surface area contributed by atoms with Crippen LogP contribution in [-0.4, -0.2) is 34.0 Å². The molecule has 1 atom stereocenters. The molecule has 0 aliphatic rings. The Bertz CT molecular complexity index is 438. The number of fused-ring (bicyclic) bond motifs is 1. The molecular formula is C14H21N3. The molecule has 2 aromatic rings. The van der Waals surface area contributed by atoms with Crippen molar-refractivity contribution in [3.8, 4) is 0 Å². The summed E-state index contributed by atoms with van der Waals surface area (Å²) in [5, 5.41) is 0. The van der Waals surface area contributed by atoms with Crippen molar-refractivity contribution >= 4 is 11.0 Å². The van der Waals surface area contributed by atoms with E-state index >= 15 is 0 Å². The lowest BCUT2D eigenvalue weighted by Crippen LogP contribution is -2.34. The minimum Gasteiger partial charge on any atom is -0.342 e. The van der Waals surface area contributed by atoms with Crippen molar-refractivity contribution in [1.29, 1.82) is 0 Å². The predicted molar refractivity (Wildman–Crippen MR) is 72.2 cm³/mol. The van der Waals surface area contributed by atoms with Crippen molar-refractivity contribution in [2.45, 2.75) is 33.2 Å². The number of aromatic nitrogens is 2. The number of likely N-dealkylation sites (N-methyl/N-ethyl adjacent to an activating group) is 1. The summed E-state index contributed by atoms with van der Waals surface area (Å²) in [7, 11) is 0. The molecule has 0 fully saturated rings. The first-order chi connectivity index (χ1) is 8.24. The fourth-order valence-electron chi connectivity index (χ4n) is 2.36. The van der Waals surface area contributed by atoms with Crippen molar-refractivity contribution in [1.82, 2.24) is 14.9 Å². The van der Waals surface area contributed by atoms with Crippen molar-refractivity contribution in [2.24, 2.45) is 0 Å². The lowest BCUT2D eigenvalue weighted by Gasteiger charge is -2.25. The lowest BCUT2D eigenvalue weighted by atomic mass is 10.2. The van der Waals surface area contributed by atoms with Gasteiger partial charge in [0.15, 0.2) is 0 Å². The van der Waals surface area contributed by atoms with E-state index in [-0.39, 0.29) is 0 Å². The average Bonchev–Trinajstić information content (AvgIpc) is 2.72. The number of H-pyrrole nitrogens is 1. The van der Waals surface area contributed by atoms with Crippen LogP contribution in [0.15, 0.2) is 24.3 Å². The molecule has 1 unspecified atom stereocenters. The normalized spacial score (nSPS) is 13.4. The number of rotatable bonds is 5. The number of imidazole rings is 1. The number of nitrogens with one attached hydrogen (secondary N) is 1. The van der Waals surface area contributed by atoms with Crippen molar-refractivity contribution in [3.05, 3.63) is 30.1 Å². The number of hydrogen-bond donors (Lipinski definition) is 1. The van der Waals surface area contributed by atoms with Gasteiger partial charge in [-0.05, 0) is 32.1 Å². The summed E-state index contributed by atoms with van der Waals surface area (Å²) in [6.07, 6.45) is 0.982. The molecule has 1 aromatic carbocycles. The van der Waals surface area contributed by atoms with E-state index in [9.17, 15) is 0 Å². The van der Waals surface area contributed by atoms with E-state index in [2.05, 4.69) is 47.8 Å². The minimum absolute atomic E-state index is 0.533. The summed E-state index contributed by atoms with van der Waals surface area (Å²) < 4.78 is 0. The summed E-state index contributed by atoms with van der Waals surface area (Å²) >= 11 is 0. The number of benzene rings is 1. The summed E-state index contributed by atoms with van der Waals surface area (Å²) in [5.41, 5.74) is 2.20. The van der Waals surface area contributed by atoms with Gasteiger partial charge in [-0.1, -0.05) is 26.0 Å². The first-order valence-corrected chi connectivity index (χ1v) is 6.42. The molecule has 1 aromatic heterocycles. The van der Waals surface area contributed by atoms with Gasteiger partial charge in [0.1, 0.15) is 5.82 Å². The Balaban J connectivity index is 2.12. The first-order valence-electron chi connectivity index (χ1n) is 6.42. The molecule has 3 heteroatoms. The van der Waals surface area contributed by atoms with Crippen LogP contribution in [0.25, 0.3) is 11.0 Å². The number of hydrogen-bond acceptors (Lipinski definition) is 2. The van der Waals surface area contributed by atoms with Crippen molar-refractivity contribution in [2.75, 3.05) is 13.1 Å². The van der Waals surface area contributed by atoms with Gasteiger partial charge in [-0.15, -0.1) is 0 Å². The van der Waals surface area contributed by atoms with E-state index < -0.39 is 0 Å². The van der Waals surface area contributed by atoms with Crippen LogP contribution in [0.4, 0.5) is 0 Å². The molecule has 0 amide bonds. The molecule has 0 bridgehead atoms. The second kappa shape index (κ2) is 5.32. The van der Waals surface area contributed by atoms with Gasteiger partial charge in [0.05, 0.1) is 11.0 Å². The van der Waals surface area contributed by atoms with E-state index in [4.69, 9.17) is 0 Å². The van der Waals surface area contributed by atoms with E-state index in [1.165, 1.54) is 0 Å². The monoisotopic (exact) mass is 231 g/mol. The van der Waals surface area contributed by atoms with Crippen LogP contribution in [0.2, 0.25) is 0 Å². The van der Waals surface area contributed by atoms with Gasteiger partial charge in [-0.25, -0.2) is 4.98 Å². The second-order valence-corrected chi connectivity index (χ2v) is 4.48. The highest BCUT2D eigenvalue weighted by Crippen LogP contribution is 2.13. The van der Waals surface area contributed by atoms with Gasteiger partial charge >= 0.3 is 0 Å². The zero-order valence-corrected chi connectivity index (χ0v) is 10.9. The van der Waals surface area contributed by atoms with Gasteiger partial charge in [-0.3, -0.25) is 0 Å². The maximum absolute atomic E-state index is 4.62. The van der Waals surface area contributed by atoms with Gasteiger partial charge < -0.3 is 9.88 Å². The molecule has 0 saturated carbocycles. The second-order valence-electron chi connectivity index (χ2n) is 4.48. The lowest BCUT2D eigenvalue weighted by molar-refractivity contribution is 0.228. The van der Waals surface area contributed by atoms with Crippen LogP contribution in [-0.2, 0) is 6.42 Å². The SMILES string of the molecule is CCN(CC)C(C)Cc1nc2ccccc2[nH]1. The number of para-hydroxylation sites is 2. The minimum atomic E-state index is 0.533. The first kappa shape index (κ1) is 12.1. The third-order valence-electron chi connectivity index (χ3n) is 3.36. The van der Waals surface area contributed by atoms with E-state index in [0.717, 1.165) is 36.4 Å². The summed E-state index contributed by atoms with van der Waals surface area (Å²) in [6.45, 7) is 8.87. The highest BCUT2D eigenvalue weighted by molar-refractivity contribution is 5.74. The quantitative estimate of drug-likeness (QED) is 0.858. The summed E-state index contributed by atoms with van der Waals surface area (Å²) in [5.74, 6) is 1.09. The Morgan fingerprint density at radius 1 is 1.24 bits per heavy atom. The van der Waals surface area contributed by atoms with Crippen molar-refractivity contribution in [3.63, 3.8) is 0 Å². The zero-order valence-electron chi connectivity index (χ0n) is 10.9. The summed E-state index contributed by atoms with van der Waals surface area (Å²) in [4.78, 5) is 10.5. The van der Waals surface area contributed by atoms with Crippen molar-refractivity contribution < 1.29 is 0 Å². The van der Waals surface area contributed by atoms with Gasteiger partial charge in [0, 0.05) is 12.5 Å². The highest BCUT2D eigenvalue weighted by Gasteiger charge is 2.12. The van der Waals surface area contributed by atoms with Crippen LogP contribution in [0.3, 0.4) is 0 Å². The molecule has 0 saturated heterocycles. The molecule has 0 spiro atoms. The Morgan fingerprint density at radius 3 is 2.59 bits per heavy atom. The average molecular weight is 231 g/mol. The van der Waals surface area contributed by atoms with E-state index in [0.29, 0.717) is 6.04 Å². The van der Waals surface area contributed by atoms with Gasteiger partial charge in [-0.2, -0.15) is 0 Å². The smallest absolute Gasteiger partial charge is 0.108 e. The maximum Gasteiger partial charge on any atom is 0.108 e. The zero-order chi connectivity index (χ0) is 12.3. The Morgan fingerprint density at radius 2 is 1.94 bits per heavy atom. The molecule has 17 heavy (non-hydrogen) atoms. The Hall–Kier alpha value is -1.35. The largest absolute Gasteiger partial charge is 0.342 e. The molecule has 1 heterocycles. The van der Waals surface area contributed by atoms with Crippen LogP contribution in [0.1, 0.15) is 26.6 Å². The third-order valence-corrected chi connectivity index (χ3v) is 3.36. The predicted octanol–water partition coefficient (Wildman–Crippen LogP) is 2.84. The standard InChI is InChI=1S/C14H21N3/c1-4-17(5-2)11(3)10-14-15-12-8-6-7-9-13(12)16-14/h6-9,11H,4-5,10H2,1-3H3,(H,15,16). The topological polar surface area (TPSA) is 31.9 Å². The van der Waals surface area contributed by atoms with Crippen LogP contribution >= 0.6 is 0 Å². The third kappa shape index (κ3) is 2.67. The maximum atomic E-state index is 4.62. The molecule has 92 valence electrons. The van der Waals surface area contributed by atoms with E-state index in [1.54, 1.807) is 0 Å². The molecular weight excluding hydrogens is 210 g/mol. The Labute approximate surface area is 103 Å². The fourth-order valence-corrected chi connectivity index (χ4v) is 2.36. The van der Waals surface area contributed by atoms with E-state index in [1.807, 2.05) is 12.1 Å². The van der Waals surface area contributed by atoms with Gasteiger partial charge in [0.25, 0.3) is 0 Å². The summed E-state index contributed by atoms with van der Waals surface area (Å²) in [6, 6.07) is 8.73. The number of nitrogens with zero attached hydrogens (tertiary/aromatic N) is 2. The molecule has 0 aliphatic heterocycles. The molecule has 1 N–H and O–H groups in total.